The second-order valence-corrected chi connectivity index (χ2v) is 22.7. The minimum atomic E-state index is -0.266. The molecule has 10 aromatic rings. The van der Waals surface area contributed by atoms with Gasteiger partial charge in [0.25, 0.3) is 0 Å². The van der Waals surface area contributed by atoms with Crippen LogP contribution in [0.4, 0.5) is 28.4 Å². The van der Waals surface area contributed by atoms with E-state index in [1.54, 1.807) is 0 Å². The van der Waals surface area contributed by atoms with E-state index >= 15 is 0 Å². The number of anilines is 5. The Bertz CT molecular complexity index is 3890. The Kier molecular flexibility index (Phi) is 9.09. The summed E-state index contributed by atoms with van der Waals surface area (Å²) in [6.07, 6.45) is 2.28. The number of ether oxygens (including phenoxy) is 2. The lowest BCUT2D eigenvalue weighted by Crippen LogP contribution is -2.61. The minimum Gasteiger partial charge on any atom is -0.450 e. The van der Waals surface area contributed by atoms with Gasteiger partial charge in [-0.3, -0.25) is 0 Å². The summed E-state index contributed by atoms with van der Waals surface area (Å²) in [6.45, 7) is 16.3. The summed E-state index contributed by atoms with van der Waals surface area (Å²) in [7, 11) is 0. The molecule has 0 fully saturated rings. The fraction of sp³-hybridized carbons (Fsp3) is 0.169. The van der Waals surface area contributed by atoms with Crippen molar-refractivity contribution in [1.82, 2.24) is 0 Å². The minimum absolute atomic E-state index is 0.00296. The van der Waals surface area contributed by atoms with Gasteiger partial charge in [-0.05, 0) is 166 Å². The first-order valence-corrected chi connectivity index (χ1v) is 26.0. The highest BCUT2D eigenvalue weighted by Crippen LogP contribution is 2.56. The van der Waals surface area contributed by atoms with Gasteiger partial charge in [-0.1, -0.05) is 131 Å². The Labute approximate surface area is 420 Å². The van der Waals surface area contributed by atoms with Gasteiger partial charge in [0.1, 0.15) is 0 Å². The summed E-state index contributed by atoms with van der Waals surface area (Å²) in [4.78, 5) is 5.27. The SMILES string of the molecule is Cc1cc2c(cc1N1c3cc4c(cc3B3c5c(cc(-c6c(C)cccc6C)cc51)-c1cc5sc6ccccc6c5cc1N3c1ccccc1-c1ccccc1)Oc1ccccc1O4)C(C)(C)CCC2(C)C. The summed E-state index contributed by atoms with van der Waals surface area (Å²) < 4.78 is 16.4. The van der Waals surface area contributed by atoms with Gasteiger partial charge in [0, 0.05) is 65.8 Å². The Balaban J connectivity index is 1.15. The topological polar surface area (TPSA) is 24.9 Å². The lowest BCUT2D eigenvalue weighted by molar-refractivity contribution is 0.332. The second kappa shape index (κ2) is 15.2. The van der Waals surface area contributed by atoms with E-state index in [0.717, 1.165) is 29.7 Å². The van der Waals surface area contributed by atoms with Crippen molar-refractivity contribution in [2.75, 3.05) is 9.71 Å². The summed E-state index contributed by atoms with van der Waals surface area (Å²) >= 11 is 1.89. The van der Waals surface area contributed by atoms with Crippen molar-refractivity contribution in [3.63, 3.8) is 0 Å². The van der Waals surface area contributed by atoms with Crippen LogP contribution in [0.2, 0.25) is 0 Å². The van der Waals surface area contributed by atoms with Gasteiger partial charge >= 0.3 is 6.85 Å². The molecule has 6 heteroatoms. The highest BCUT2D eigenvalue weighted by molar-refractivity contribution is 7.25. The molecule has 71 heavy (non-hydrogen) atoms. The average molecular weight is 937 g/mol. The number of fused-ring (bicyclic) bond motifs is 10. The maximum Gasteiger partial charge on any atom is 0.333 e. The third-order valence-electron chi connectivity index (χ3n) is 16.3. The maximum atomic E-state index is 6.90. The van der Waals surface area contributed by atoms with Crippen LogP contribution in [0.5, 0.6) is 23.0 Å². The van der Waals surface area contributed by atoms with E-state index in [0.29, 0.717) is 23.0 Å². The van der Waals surface area contributed by atoms with Crippen LogP contribution in [0.3, 0.4) is 0 Å². The Morgan fingerprint density at radius 1 is 0.451 bits per heavy atom. The van der Waals surface area contributed by atoms with E-state index in [9.17, 15) is 0 Å². The van der Waals surface area contributed by atoms with Gasteiger partial charge in [0.15, 0.2) is 23.0 Å². The van der Waals surface area contributed by atoms with E-state index in [2.05, 4.69) is 204 Å². The summed E-state index contributed by atoms with van der Waals surface area (Å²) in [6, 6.07) is 63.2. The van der Waals surface area contributed by atoms with E-state index in [-0.39, 0.29) is 17.7 Å². The summed E-state index contributed by atoms with van der Waals surface area (Å²) in [5, 5.41) is 2.55. The standard InChI is InChI=1S/C65H53BN2O2S/c1-38-18-17-19-39(2)62(38)42-31-47-45-34-61-46(44-23-12-16-27-60(44)71-61)33-53(45)68(51-24-13-11-22-43(51)41-20-9-8-10-21-41)66-50-36-58-59(70-57-26-15-14-25-56(57)69-58)37-54(50)67(55(32-42)63(47)66)52-35-49-48(30-40(52)3)64(4,5)28-29-65(49,6)7/h8-27,30-37H,28-29H2,1-7H3. The highest BCUT2D eigenvalue weighted by atomic mass is 32.1. The van der Waals surface area contributed by atoms with Crippen molar-refractivity contribution in [3.8, 4) is 56.4 Å². The zero-order valence-corrected chi connectivity index (χ0v) is 42.1. The third-order valence-corrected chi connectivity index (χ3v) is 17.5. The molecule has 0 unspecified atom stereocenters. The number of hydrogen-bond acceptors (Lipinski definition) is 5. The molecule has 9 aromatic carbocycles. The van der Waals surface area contributed by atoms with E-state index in [1.165, 1.54) is 104 Å². The predicted octanol–water partition coefficient (Wildman–Crippen LogP) is 17.3. The second-order valence-electron chi connectivity index (χ2n) is 21.6. The summed E-state index contributed by atoms with van der Waals surface area (Å²) in [5.41, 5.74) is 22.2. The van der Waals surface area contributed by atoms with Crippen molar-refractivity contribution in [2.45, 2.75) is 72.1 Å². The molecule has 4 nitrogen and oxygen atoms in total. The van der Waals surface area contributed by atoms with Crippen molar-refractivity contribution >= 4 is 77.7 Å². The van der Waals surface area contributed by atoms with Crippen molar-refractivity contribution in [2.24, 2.45) is 0 Å². The van der Waals surface area contributed by atoms with Gasteiger partial charge in [-0.15, -0.1) is 11.3 Å². The van der Waals surface area contributed by atoms with Gasteiger partial charge in [-0.25, -0.2) is 0 Å². The van der Waals surface area contributed by atoms with Crippen molar-refractivity contribution < 1.29 is 9.47 Å². The fourth-order valence-corrected chi connectivity index (χ4v) is 13.8. The first kappa shape index (κ1) is 42.4. The Morgan fingerprint density at radius 2 is 1.11 bits per heavy atom. The van der Waals surface area contributed by atoms with Crippen LogP contribution >= 0.6 is 11.3 Å². The third kappa shape index (κ3) is 6.30. The van der Waals surface area contributed by atoms with Crippen LogP contribution in [-0.2, 0) is 10.8 Å². The molecule has 4 heterocycles. The van der Waals surface area contributed by atoms with E-state index in [1.807, 2.05) is 35.6 Å². The smallest absolute Gasteiger partial charge is 0.333 e. The molecule has 0 spiro atoms. The number of thiophene rings is 1. The predicted molar refractivity (Wildman–Crippen MR) is 300 cm³/mol. The number of para-hydroxylation sites is 3. The number of hydrogen-bond donors (Lipinski definition) is 0. The molecule has 0 atom stereocenters. The lowest BCUT2D eigenvalue weighted by atomic mass is 9.43. The largest absolute Gasteiger partial charge is 0.450 e. The Hall–Kier alpha value is -7.54. The van der Waals surface area contributed by atoms with Crippen LogP contribution in [0.1, 0.15) is 68.4 Å². The van der Waals surface area contributed by atoms with Crippen LogP contribution in [0.25, 0.3) is 53.6 Å². The summed E-state index contributed by atoms with van der Waals surface area (Å²) in [5.74, 6) is 2.85. The molecule has 0 saturated heterocycles. The molecule has 3 aliphatic heterocycles. The number of nitrogens with zero attached hydrogens (tertiary/aromatic N) is 2. The molecule has 1 aromatic heterocycles. The molecule has 0 bridgehead atoms. The average Bonchev–Trinajstić information content (AvgIpc) is 3.74. The first-order valence-electron chi connectivity index (χ1n) is 25.1. The molecule has 0 amide bonds. The van der Waals surface area contributed by atoms with Crippen LogP contribution < -0.4 is 30.1 Å². The normalized spacial score (nSPS) is 15.5. The van der Waals surface area contributed by atoms with Gasteiger partial charge < -0.3 is 19.2 Å². The molecular weight excluding hydrogens is 884 g/mol. The van der Waals surface area contributed by atoms with E-state index < -0.39 is 0 Å². The molecule has 1 aliphatic carbocycles. The van der Waals surface area contributed by atoms with Gasteiger partial charge in [0.2, 0.25) is 0 Å². The molecule has 0 saturated carbocycles. The zero-order chi connectivity index (χ0) is 48.1. The van der Waals surface area contributed by atoms with Crippen LogP contribution in [0, 0.1) is 20.8 Å². The van der Waals surface area contributed by atoms with Crippen LogP contribution in [-0.4, -0.2) is 6.85 Å². The quantitative estimate of drug-likeness (QED) is 0.164. The molecule has 14 rings (SSSR count). The number of benzene rings is 9. The highest BCUT2D eigenvalue weighted by Gasteiger charge is 2.48. The maximum absolute atomic E-state index is 6.90. The molecule has 4 aliphatic rings. The van der Waals surface area contributed by atoms with Crippen molar-refractivity contribution in [1.29, 1.82) is 0 Å². The molecular formula is C65H53BN2O2S. The number of rotatable bonds is 4. The van der Waals surface area contributed by atoms with Crippen LogP contribution in [0.15, 0.2) is 170 Å². The van der Waals surface area contributed by atoms with Gasteiger partial charge in [0.05, 0.1) is 0 Å². The molecule has 0 radical (unpaired) electrons. The zero-order valence-electron chi connectivity index (χ0n) is 41.3. The number of aryl methyl sites for hydroxylation is 3. The first-order chi connectivity index (χ1) is 34.4. The van der Waals surface area contributed by atoms with E-state index in [4.69, 9.17) is 9.47 Å². The molecule has 344 valence electrons. The molecule has 0 N–H and O–H groups in total. The monoisotopic (exact) mass is 936 g/mol. The van der Waals surface area contributed by atoms with Gasteiger partial charge in [-0.2, -0.15) is 0 Å². The Morgan fingerprint density at radius 3 is 1.87 bits per heavy atom. The fourth-order valence-electron chi connectivity index (χ4n) is 12.6. The van der Waals surface area contributed by atoms with Crippen molar-refractivity contribution in [3.05, 3.63) is 198 Å². The lowest BCUT2D eigenvalue weighted by Gasteiger charge is -2.47.